The Bertz CT molecular complexity index is 389. The highest BCUT2D eigenvalue weighted by Crippen LogP contribution is 2.10. The summed E-state index contributed by atoms with van der Waals surface area (Å²) in [5, 5.41) is 11.9. The van der Waals surface area contributed by atoms with E-state index < -0.39 is 0 Å². The Morgan fingerprint density at radius 1 is 1.13 bits per heavy atom. The monoisotopic (exact) mass is 207 g/mol. The van der Waals surface area contributed by atoms with E-state index in [2.05, 4.69) is 21.9 Å². The van der Waals surface area contributed by atoms with Crippen molar-refractivity contribution in [3.63, 3.8) is 0 Å². The summed E-state index contributed by atoms with van der Waals surface area (Å²) in [6.07, 6.45) is 0. The fraction of sp³-hybridized carbons (Fsp3) is 0.600. The van der Waals surface area contributed by atoms with E-state index in [0.717, 1.165) is 32.0 Å². The Morgan fingerprint density at radius 2 is 1.80 bits per heavy atom. The second-order valence-electron chi connectivity index (χ2n) is 3.99. The molecule has 0 saturated carbocycles. The highest BCUT2D eigenvalue weighted by atomic mass is 15.4. The third-order valence-electron chi connectivity index (χ3n) is 2.82. The van der Waals surface area contributed by atoms with Crippen molar-refractivity contribution in [2.45, 2.75) is 0 Å². The Balaban J connectivity index is 2.16. The van der Waals surface area contributed by atoms with Gasteiger partial charge in [0, 0.05) is 33.2 Å². The first kappa shape index (κ1) is 10.2. The van der Waals surface area contributed by atoms with Crippen LogP contribution in [0.5, 0.6) is 0 Å². The van der Waals surface area contributed by atoms with Crippen molar-refractivity contribution < 1.29 is 0 Å². The summed E-state index contributed by atoms with van der Waals surface area (Å²) in [6, 6.07) is 3.72. The summed E-state index contributed by atoms with van der Waals surface area (Å²) in [6.45, 7) is 4.18. The van der Waals surface area contributed by atoms with Crippen molar-refractivity contribution in [3.8, 4) is 0 Å². The van der Waals surface area contributed by atoms with Gasteiger partial charge in [-0.15, -0.1) is 0 Å². The van der Waals surface area contributed by atoms with Gasteiger partial charge < -0.3 is 9.80 Å². The van der Waals surface area contributed by atoms with Crippen molar-refractivity contribution in [2.24, 2.45) is 7.05 Å². The van der Waals surface area contributed by atoms with Gasteiger partial charge in [0.2, 0.25) is 0 Å². The lowest BCUT2D eigenvalue weighted by Crippen LogP contribution is -2.45. The molecule has 82 valence electrons. The summed E-state index contributed by atoms with van der Waals surface area (Å²) in [4.78, 5) is 4.58. The van der Waals surface area contributed by atoms with E-state index >= 15 is 0 Å². The highest BCUT2D eigenvalue weighted by molar-refractivity contribution is 5.36. The van der Waals surface area contributed by atoms with E-state index in [1.807, 2.05) is 13.1 Å². The van der Waals surface area contributed by atoms with Crippen LogP contribution >= 0.6 is 0 Å². The van der Waals surface area contributed by atoms with Crippen LogP contribution in [0.4, 0.5) is 5.82 Å². The van der Waals surface area contributed by atoms with Gasteiger partial charge in [-0.05, 0) is 19.2 Å². The maximum absolute atomic E-state index is 7.54. The number of likely N-dealkylation sites (N-methyl/N-ethyl adjacent to an activating group) is 1. The van der Waals surface area contributed by atoms with E-state index in [4.69, 9.17) is 5.41 Å². The molecule has 0 aromatic carbocycles. The predicted molar refractivity (Wildman–Crippen MR) is 58.8 cm³/mol. The predicted octanol–water partition coefficient (Wildman–Crippen LogP) is -0.349. The molecule has 0 spiro atoms. The standard InChI is InChI=1S/C10H17N5/c1-13-5-7-15(8-6-13)10-4-3-9(11)14(2)12-10/h3-4,11H,5-8H2,1-2H3. The van der Waals surface area contributed by atoms with E-state index in [1.54, 1.807) is 10.7 Å². The average Bonchev–Trinajstić information content (AvgIpc) is 2.23. The van der Waals surface area contributed by atoms with Gasteiger partial charge in [-0.1, -0.05) is 0 Å². The minimum atomic E-state index is 0.438. The van der Waals surface area contributed by atoms with E-state index in [1.165, 1.54) is 0 Å². The SMILES string of the molecule is CN1CCN(c2ccc(=N)n(C)n2)CC1. The number of piperazine rings is 1. The van der Waals surface area contributed by atoms with E-state index in [9.17, 15) is 0 Å². The van der Waals surface area contributed by atoms with Gasteiger partial charge in [-0.2, -0.15) is 5.10 Å². The quantitative estimate of drug-likeness (QED) is 0.685. The van der Waals surface area contributed by atoms with Crippen LogP contribution in [-0.4, -0.2) is 47.9 Å². The largest absolute Gasteiger partial charge is 0.353 e. The first-order valence-electron chi connectivity index (χ1n) is 5.19. The topological polar surface area (TPSA) is 48.2 Å². The number of aromatic nitrogens is 2. The van der Waals surface area contributed by atoms with Gasteiger partial charge >= 0.3 is 0 Å². The van der Waals surface area contributed by atoms with Crippen LogP contribution in [-0.2, 0) is 7.05 Å². The minimum absolute atomic E-state index is 0.438. The molecule has 2 heterocycles. The number of nitrogens with one attached hydrogen (secondary N) is 1. The molecule has 1 aromatic rings. The van der Waals surface area contributed by atoms with Crippen LogP contribution in [0.15, 0.2) is 12.1 Å². The Morgan fingerprint density at radius 3 is 2.40 bits per heavy atom. The fourth-order valence-electron chi connectivity index (χ4n) is 1.71. The van der Waals surface area contributed by atoms with Crippen LogP contribution in [0.2, 0.25) is 0 Å². The maximum Gasteiger partial charge on any atom is 0.149 e. The first-order valence-corrected chi connectivity index (χ1v) is 5.19. The van der Waals surface area contributed by atoms with Crippen molar-refractivity contribution in [1.82, 2.24) is 14.7 Å². The molecule has 1 N–H and O–H groups in total. The number of anilines is 1. The van der Waals surface area contributed by atoms with Crippen molar-refractivity contribution in [2.75, 3.05) is 38.1 Å². The lowest BCUT2D eigenvalue weighted by molar-refractivity contribution is 0.311. The molecule has 1 fully saturated rings. The molecule has 0 amide bonds. The molecule has 5 nitrogen and oxygen atoms in total. The van der Waals surface area contributed by atoms with Crippen LogP contribution in [0.1, 0.15) is 0 Å². The average molecular weight is 207 g/mol. The molecule has 1 aromatic heterocycles. The Kier molecular flexibility index (Phi) is 2.73. The number of nitrogens with zero attached hydrogens (tertiary/aromatic N) is 4. The fourth-order valence-corrected chi connectivity index (χ4v) is 1.71. The van der Waals surface area contributed by atoms with Gasteiger partial charge in [0.1, 0.15) is 11.3 Å². The second kappa shape index (κ2) is 4.02. The summed E-state index contributed by atoms with van der Waals surface area (Å²) in [5.41, 5.74) is 0.438. The molecule has 1 saturated heterocycles. The third kappa shape index (κ3) is 2.18. The summed E-state index contributed by atoms with van der Waals surface area (Å²) in [5.74, 6) is 0.974. The van der Waals surface area contributed by atoms with Gasteiger partial charge in [0.15, 0.2) is 0 Å². The number of aryl methyl sites for hydroxylation is 1. The van der Waals surface area contributed by atoms with Crippen molar-refractivity contribution in [1.29, 1.82) is 5.41 Å². The summed E-state index contributed by atoms with van der Waals surface area (Å²) < 4.78 is 1.60. The molecular formula is C10H17N5. The molecule has 0 unspecified atom stereocenters. The molecule has 1 aliphatic heterocycles. The molecule has 15 heavy (non-hydrogen) atoms. The van der Waals surface area contributed by atoms with Gasteiger partial charge in [0.05, 0.1) is 0 Å². The van der Waals surface area contributed by atoms with E-state index in [-0.39, 0.29) is 0 Å². The molecule has 0 radical (unpaired) electrons. The van der Waals surface area contributed by atoms with Crippen LogP contribution < -0.4 is 10.4 Å². The van der Waals surface area contributed by atoms with Crippen LogP contribution in [0.3, 0.4) is 0 Å². The van der Waals surface area contributed by atoms with Crippen molar-refractivity contribution in [3.05, 3.63) is 17.6 Å². The zero-order valence-corrected chi connectivity index (χ0v) is 9.27. The second-order valence-corrected chi connectivity index (χ2v) is 3.99. The zero-order chi connectivity index (χ0) is 10.8. The molecule has 1 aliphatic rings. The Labute approximate surface area is 89.4 Å². The summed E-state index contributed by atoms with van der Waals surface area (Å²) >= 11 is 0. The van der Waals surface area contributed by atoms with Gasteiger partial charge in [0.25, 0.3) is 0 Å². The minimum Gasteiger partial charge on any atom is -0.353 e. The Hall–Kier alpha value is -1.36. The highest BCUT2D eigenvalue weighted by Gasteiger charge is 2.15. The zero-order valence-electron chi connectivity index (χ0n) is 9.27. The van der Waals surface area contributed by atoms with E-state index in [0.29, 0.717) is 5.49 Å². The molecule has 0 aliphatic carbocycles. The van der Waals surface area contributed by atoms with Crippen LogP contribution in [0.25, 0.3) is 0 Å². The molecule has 0 bridgehead atoms. The van der Waals surface area contributed by atoms with Gasteiger partial charge in [-0.3, -0.25) is 5.41 Å². The molecule has 5 heteroatoms. The van der Waals surface area contributed by atoms with Crippen LogP contribution in [0, 0.1) is 5.41 Å². The van der Waals surface area contributed by atoms with Crippen molar-refractivity contribution >= 4 is 5.82 Å². The number of hydrogen-bond acceptors (Lipinski definition) is 4. The summed E-state index contributed by atoms with van der Waals surface area (Å²) in [7, 11) is 3.94. The third-order valence-corrected chi connectivity index (χ3v) is 2.82. The lowest BCUT2D eigenvalue weighted by atomic mass is 10.3. The number of hydrogen-bond donors (Lipinski definition) is 1. The maximum atomic E-state index is 7.54. The number of rotatable bonds is 1. The molecule has 2 rings (SSSR count). The smallest absolute Gasteiger partial charge is 0.149 e. The normalized spacial score (nSPS) is 18.1. The molecular weight excluding hydrogens is 190 g/mol. The molecule has 0 atom stereocenters. The lowest BCUT2D eigenvalue weighted by Gasteiger charge is -2.33. The van der Waals surface area contributed by atoms with Gasteiger partial charge in [-0.25, -0.2) is 4.68 Å². The first-order chi connectivity index (χ1) is 7.16.